The van der Waals surface area contributed by atoms with Crippen LogP contribution in [0.5, 0.6) is 0 Å². The summed E-state index contributed by atoms with van der Waals surface area (Å²) < 4.78 is 4.73. The van der Waals surface area contributed by atoms with Gasteiger partial charge in [0.2, 0.25) is 11.8 Å². The van der Waals surface area contributed by atoms with Gasteiger partial charge in [0.05, 0.1) is 0 Å². The third-order valence-corrected chi connectivity index (χ3v) is 2.48. The number of methoxy groups -OCH3 is 1. The van der Waals surface area contributed by atoms with E-state index in [1.807, 2.05) is 38.1 Å². The van der Waals surface area contributed by atoms with E-state index in [4.69, 9.17) is 4.74 Å². The first kappa shape index (κ1) is 15.2. The molecule has 0 unspecified atom stereocenters. The molecule has 0 aliphatic carbocycles. The molecule has 0 spiro atoms. The molecule has 0 atom stereocenters. The van der Waals surface area contributed by atoms with Gasteiger partial charge in [0.1, 0.15) is 6.61 Å². The van der Waals surface area contributed by atoms with Gasteiger partial charge in [-0.15, -0.1) is 0 Å². The zero-order valence-corrected chi connectivity index (χ0v) is 11.5. The molecular formula is C14H20N2O3. The second kappa shape index (κ2) is 7.53. The highest BCUT2D eigenvalue weighted by Gasteiger charge is 2.07. The van der Waals surface area contributed by atoms with Crippen LogP contribution in [0.25, 0.3) is 0 Å². The summed E-state index contributed by atoms with van der Waals surface area (Å²) in [4.78, 5) is 22.8. The van der Waals surface area contributed by atoms with E-state index >= 15 is 0 Å². The third-order valence-electron chi connectivity index (χ3n) is 2.48. The maximum Gasteiger partial charge on any atom is 0.246 e. The Hall–Kier alpha value is -1.88. The first-order valence-electron chi connectivity index (χ1n) is 6.18. The lowest BCUT2D eigenvalue weighted by molar-refractivity contribution is -0.125. The van der Waals surface area contributed by atoms with Crippen molar-refractivity contribution in [3.8, 4) is 0 Å². The van der Waals surface area contributed by atoms with Crippen molar-refractivity contribution in [2.75, 3.05) is 19.0 Å². The van der Waals surface area contributed by atoms with E-state index in [2.05, 4.69) is 10.6 Å². The lowest BCUT2D eigenvalue weighted by Crippen LogP contribution is -2.26. The summed E-state index contributed by atoms with van der Waals surface area (Å²) in [6.07, 6.45) is 0. The van der Waals surface area contributed by atoms with Crippen LogP contribution in [0.4, 0.5) is 5.69 Å². The summed E-state index contributed by atoms with van der Waals surface area (Å²) in [5.41, 5.74) is 1.66. The molecule has 0 fully saturated rings. The maximum absolute atomic E-state index is 11.6. The number of benzene rings is 1. The highest BCUT2D eigenvalue weighted by atomic mass is 16.5. The molecule has 0 aliphatic rings. The number of anilines is 1. The lowest BCUT2D eigenvalue weighted by Gasteiger charge is -2.10. The standard InChI is InChI=1S/C14H20N2O3/c1-10(2)14(18)16-12-6-4-5-11(7-12)8-15-13(17)9-19-3/h4-7,10H,8-9H2,1-3H3,(H,15,17)(H,16,18). The molecule has 0 saturated heterocycles. The van der Waals surface area contributed by atoms with E-state index in [1.54, 1.807) is 0 Å². The van der Waals surface area contributed by atoms with E-state index in [9.17, 15) is 9.59 Å². The molecule has 0 heterocycles. The summed E-state index contributed by atoms with van der Waals surface area (Å²) in [7, 11) is 1.47. The summed E-state index contributed by atoms with van der Waals surface area (Å²) in [6, 6.07) is 7.39. The van der Waals surface area contributed by atoms with Gasteiger partial charge in [-0.05, 0) is 17.7 Å². The van der Waals surface area contributed by atoms with E-state index in [0.717, 1.165) is 11.3 Å². The number of hydrogen-bond acceptors (Lipinski definition) is 3. The summed E-state index contributed by atoms with van der Waals surface area (Å²) in [5, 5.41) is 5.54. The van der Waals surface area contributed by atoms with Crippen molar-refractivity contribution in [2.24, 2.45) is 5.92 Å². The van der Waals surface area contributed by atoms with Crippen LogP contribution in [-0.4, -0.2) is 25.5 Å². The van der Waals surface area contributed by atoms with Crippen LogP contribution in [0.15, 0.2) is 24.3 Å². The highest BCUT2D eigenvalue weighted by Crippen LogP contribution is 2.11. The number of carbonyl (C=O) groups is 2. The molecule has 0 aromatic heterocycles. The first-order chi connectivity index (χ1) is 9.02. The second-order valence-electron chi connectivity index (χ2n) is 4.55. The first-order valence-corrected chi connectivity index (χ1v) is 6.18. The Kier molecular flexibility index (Phi) is 6.02. The Bertz CT molecular complexity index is 444. The Morgan fingerprint density at radius 2 is 2.05 bits per heavy atom. The molecular weight excluding hydrogens is 244 g/mol. The fraction of sp³-hybridized carbons (Fsp3) is 0.429. The zero-order valence-electron chi connectivity index (χ0n) is 11.5. The van der Waals surface area contributed by atoms with Crippen molar-refractivity contribution in [1.29, 1.82) is 0 Å². The predicted octanol–water partition coefficient (Wildman–Crippen LogP) is 1.54. The molecule has 2 N–H and O–H groups in total. The van der Waals surface area contributed by atoms with Gasteiger partial charge in [-0.2, -0.15) is 0 Å². The van der Waals surface area contributed by atoms with Gasteiger partial charge in [-0.25, -0.2) is 0 Å². The van der Waals surface area contributed by atoms with Gasteiger partial charge in [0.15, 0.2) is 0 Å². The van der Waals surface area contributed by atoms with E-state index < -0.39 is 0 Å². The van der Waals surface area contributed by atoms with E-state index in [-0.39, 0.29) is 24.3 Å². The summed E-state index contributed by atoms with van der Waals surface area (Å²) >= 11 is 0. The highest BCUT2D eigenvalue weighted by molar-refractivity contribution is 5.92. The number of amides is 2. The molecule has 1 rings (SSSR count). The molecule has 0 radical (unpaired) electrons. The van der Waals surface area contributed by atoms with Gasteiger partial charge >= 0.3 is 0 Å². The lowest BCUT2D eigenvalue weighted by atomic mass is 10.1. The fourth-order valence-corrected chi connectivity index (χ4v) is 1.43. The number of hydrogen-bond donors (Lipinski definition) is 2. The molecule has 0 saturated carbocycles. The maximum atomic E-state index is 11.6. The van der Waals surface area contributed by atoms with Gasteiger partial charge in [0, 0.05) is 25.3 Å². The molecule has 5 nitrogen and oxygen atoms in total. The quantitative estimate of drug-likeness (QED) is 0.819. The van der Waals surface area contributed by atoms with Crippen molar-refractivity contribution in [2.45, 2.75) is 20.4 Å². The van der Waals surface area contributed by atoms with Crippen LogP contribution >= 0.6 is 0 Å². The average molecular weight is 264 g/mol. The minimum atomic E-state index is -0.167. The van der Waals surface area contributed by atoms with E-state index in [0.29, 0.717) is 6.54 Å². The van der Waals surface area contributed by atoms with Crippen LogP contribution in [-0.2, 0) is 20.9 Å². The van der Waals surface area contributed by atoms with Crippen LogP contribution in [0.3, 0.4) is 0 Å². The van der Waals surface area contributed by atoms with Crippen LogP contribution in [0.1, 0.15) is 19.4 Å². The van der Waals surface area contributed by atoms with Crippen LogP contribution < -0.4 is 10.6 Å². The Morgan fingerprint density at radius 1 is 1.32 bits per heavy atom. The summed E-state index contributed by atoms with van der Waals surface area (Å²) in [5.74, 6) is -0.259. The SMILES string of the molecule is COCC(=O)NCc1cccc(NC(=O)C(C)C)c1. The van der Waals surface area contributed by atoms with E-state index in [1.165, 1.54) is 7.11 Å². The van der Waals surface area contributed by atoms with Gasteiger partial charge < -0.3 is 15.4 Å². The van der Waals surface area contributed by atoms with Gasteiger partial charge in [0.25, 0.3) is 0 Å². The Balaban J connectivity index is 2.57. The molecule has 0 bridgehead atoms. The molecule has 19 heavy (non-hydrogen) atoms. The third kappa shape index (κ3) is 5.52. The van der Waals surface area contributed by atoms with Crippen molar-refractivity contribution in [3.63, 3.8) is 0 Å². The van der Waals surface area contributed by atoms with Crippen molar-refractivity contribution in [1.82, 2.24) is 5.32 Å². The molecule has 104 valence electrons. The second-order valence-corrected chi connectivity index (χ2v) is 4.55. The minimum Gasteiger partial charge on any atom is -0.375 e. The van der Waals surface area contributed by atoms with Crippen LogP contribution in [0.2, 0.25) is 0 Å². The molecule has 5 heteroatoms. The topological polar surface area (TPSA) is 67.4 Å². The fourth-order valence-electron chi connectivity index (χ4n) is 1.43. The van der Waals surface area contributed by atoms with Gasteiger partial charge in [-0.3, -0.25) is 9.59 Å². The van der Waals surface area contributed by atoms with Crippen LogP contribution in [0, 0.1) is 5.92 Å². The smallest absolute Gasteiger partial charge is 0.246 e. The number of rotatable bonds is 6. The van der Waals surface area contributed by atoms with Crippen molar-refractivity contribution >= 4 is 17.5 Å². The number of nitrogens with one attached hydrogen (secondary N) is 2. The van der Waals surface area contributed by atoms with Crippen molar-refractivity contribution in [3.05, 3.63) is 29.8 Å². The molecule has 2 amide bonds. The summed E-state index contributed by atoms with van der Waals surface area (Å²) in [6.45, 7) is 4.13. The average Bonchev–Trinajstić information content (AvgIpc) is 2.37. The number of carbonyl (C=O) groups excluding carboxylic acids is 2. The molecule has 1 aromatic rings. The van der Waals surface area contributed by atoms with Crippen molar-refractivity contribution < 1.29 is 14.3 Å². The minimum absolute atomic E-state index is 0.0273. The zero-order chi connectivity index (χ0) is 14.3. The Labute approximate surface area is 113 Å². The van der Waals surface area contributed by atoms with Gasteiger partial charge in [-0.1, -0.05) is 26.0 Å². The Morgan fingerprint density at radius 3 is 2.68 bits per heavy atom. The monoisotopic (exact) mass is 264 g/mol. The largest absolute Gasteiger partial charge is 0.375 e. The molecule has 1 aromatic carbocycles. The predicted molar refractivity (Wildman–Crippen MR) is 73.6 cm³/mol. The molecule has 0 aliphatic heterocycles. The normalized spacial score (nSPS) is 10.3. The number of ether oxygens (including phenoxy) is 1.